The SMILES string of the molecule is CC1CC(NC(C)c2ccc([N+](=O)[O-])cc2)CCO1. The molecule has 5 nitrogen and oxygen atoms in total. The summed E-state index contributed by atoms with van der Waals surface area (Å²) in [4.78, 5) is 10.2. The summed E-state index contributed by atoms with van der Waals surface area (Å²) >= 11 is 0. The van der Waals surface area contributed by atoms with Crippen LogP contribution in [-0.4, -0.2) is 23.7 Å². The van der Waals surface area contributed by atoms with Gasteiger partial charge in [0.1, 0.15) is 0 Å². The van der Waals surface area contributed by atoms with Crippen LogP contribution < -0.4 is 5.32 Å². The van der Waals surface area contributed by atoms with Crippen molar-refractivity contribution < 1.29 is 9.66 Å². The van der Waals surface area contributed by atoms with Gasteiger partial charge in [-0.3, -0.25) is 10.1 Å². The van der Waals surface area contributed by atoms with E-state index in [4.69, 9.17) is 4.74 Å². The van der Waals surface area contributed by atoms with Crippen LogP contribution in [0.5, 0.6) is 0 Å². The minimum absolute atomic E-state index is 0.135. The number of hydrogen-bond donors (Lipinski definition) is 1. The van der Waals surface area contributed by atoms with Gasteiger partial charge >= 0.3 is 0 Å². The first-order chi connectivity index (χ1) is 9.06. The van der Waals surface area contributed by atoms with Gasteiger partial charge in [0.25, 0.3) is 5.69 Å². The lowest BCUT2D eigenvalue weighted by atomic mass is 10.0. The molecule has 3 unspecified atom stereocenters. The molecule has 1 saturated heterocycles. The third kappa shape index (κ3) is 3.75. The largest absolute Gasteiger partial charge is 0.378 e. The molecule has 5 heteroatoms. The van der Waals surface area contributed by atoms with Crippen LogP contribution in [0.25, 0.3) is 0 Å². The maximum absolute atomic E-state index is 10.6. The second-order valence-corrected chi connectivity index (χ2v) is 5.14. The first-order valence-corrected chi connectivity index (χ1v) is 6.68. The summed E-state index contributed by atoms with van der Waals surface area (Å²) in [7, 11) is 0. The molecule has 104 valence electrons. The number of hydrogen-bond acceptors (Lipinski definition) is 4. The molecule has 0 bridgehead atoms. The summed E-state index contributed by atoms with van der Waals surface area (Å²) in [6.07, 6.45) is 2.33. The monoisotopic (exact) mass is 264 g/mol. The van der Waals surface area contributed by atoms with Crippen molar-refractivity contribution in [2.45, 2.75) is 44.9 Å². The zero-order valence-electron chi connectivity index (χ0n) is 11.3. The first kappa shape index (κ1) is 14.0. The van der Waals surface area contributed by atoms with Crippen molar-refractivity contribution in [3.63, 3.8) is 0 Å². The molecule has 0 amide bonds. The fourth-order valence-corrected chi connectivity index (χ4v) is 2.48. The van der Waals surface area contributed by atoms with E-state index in [1.54, 1.807) is 12.1 Å². The van der Waals surface area contributed by atoms with Gasteiger partial charge in [0.05, 0.1) is 11.0 Å². The zero-order valence-corrected chi connectivity index (χ0v) is 11.3. The first-order valence-electron chi connectivity index (χ1n) is 6.68. The third-order valence-corrected chi connectivity index (χ3v) is 3.57. The molecule has 1 aliphatic rings. The second kappa shape index (κ2) is 6.12. The molecule has 1 heterocycles. The minimum Gasteiger partial charge on any atom is -0.378 e. The average molecular weight is 264 g/mol. The summed E-state index contributed by atoms with van der Waals surface area (Å²) < 4.78 is 5.52. The summed E-state index contributed by atoms with van der Waals surface area (Å²) in [6, 6.07) is 7.39. The van der Waals surface area contributed by atoms with Crippen LogP contribution in [0.1, 0.15) is 38.3 Å². The van der Waals surface area contributed by atoms with Crippen LogP contribution in [0.3, 0.4) is 0 Å². The Morgan fingerprint density at radius 1 is 1.42 bits per heavy atom. The van der Waals surface area contributed by atoms with Gasteiger partial charge in [0.2, 0.25) is 0 Å². The number of nitro benzene ring substituents is 1. The molecule has 0 radical (unpaired) electrons. The van der Waals surface area contributed by atoms with Crippen molar-refractivity contribution in [3.05, 3.63) is 39.9 Å². The van der Waals surface area contributed by atoms with Gasteiger partial charge in [-0.25, -0.2) is 0 Å². The highest BCUT2D eigenvalue weighted by atomic mass is 16.6. The van der Waals surface area contributed by atoms with Crippen molar-refractivity contribution in [2.24, 2.45) is 0 Å². The molecule has 1 N–H and O–H groups in total. The van der Waals surface area contributed by atoms with Crippen molar-refractivity contribution in [1.82, 2.24) is 5.32 Å². The van der Waals surface area contributed by atoms with Gasteiger partial charge in [0, 0.05) is 30.8 Å². The zero-order chi connectivity index (χ0) is 13.8. The van der Waals surface area contributed by atoms with Gasteiger partial charge < -0.3 is 10.1 Å². The van der Waals surface area contributed by atoms with Gasteiger partial charge in [-0.1, -0.05) is 12.1 Å². The van der Waals surface area contributed by atoms with E-state index in [1.807, 2.05) is 12.1 Å². The average Bonchev–Trinajstić information content (AvgIpc) is 2.39. The second-order valence-electron chi connectivity index (χ2n) is 5.14. The number of rotatable bonds is 4. The molecule has 0 aromatic heterocycles. The predicted molar refractivity (Wildman–Crippen MR) is 73.1 cm³/mol. The number of ether oxygens (including phenoxy) is 1. The third-order valence-electron chi connectivity index (χ3n) is 3.57. The van der Waals surface area contributed by atoms with Crippen LogP contribution >= 0.6 is 0 Å². The highest BCUT2D eigenvalue weighted by Gasteiger charge is 2.21. The van der Waals surface area contributed by atoms with E-state index in [-0.39, 0.29) is 16.7 Å². The highest BCUT2D eigenvalue weighted by Crippen LogP contribution is 2.21. The number of nitrogens with zero attached hydrogens (tertiary/aromatic N) is 1. The molecular weight excluding hydrogens is 244 g/mol. The number of non-ortho nitro benzene ring substituents is 1. The number of nitro groups is 1. The van der Waals surface area contributed by atoms with E-state index in [2.05, 4.69) is 19.2 Å². The summed E-state index contributed by atoms with van der Waals surface area (Å²) in [6.45, 7) is 4.97. The van der Waals surface area contributed by atoms with Gasteiger partial charge in [-0.15, -0.1) is 0 Å². The minimum atomic E-state index is -0.373. The van der Waals surface area contributed by atoms with Crippen molar-refractivity contribution in [2.75, 3.05) is 6.61 Å². The quantitative estimate of drug-likeness (QED) is 0.671. The van der Waals surface area contributed by atoms with E-state index in [1.165, 1.54) is 0 Å². The molecule has 1 aromatic rings. The molecule has 0 saturated carbocycles. The lowest BCUT2D eigenvalue weighted by Gasteiger charge is -2.30. The Bertz CT molecular complexity index is 433. The lowest BCUT2D eigenvalue weighted by molar-refractivity contribution is -0.384. The maximum atomic E-state index is 10.6. The maximum Gasteiger partial charge on any atom is 0.269 e. The topological polar surface area (TPSA) is 64.4 Å². The standard InChI is InChI=1S/C14H20N2O3/c1-10-9-13(7-8-19-10)15-11(2)12-3-5-14(6-4-12)16(17)18/h3-6,10-11,13,15H,7-9H2,1-2H3. The van der Waals surface area contributed by atoms with Crippen molar-refractivity contribution in [3.8, 4) is 0 Å². The Balaban J connectivity index is 1.95. The van der Waals surface area contributed by atoms with Crippen LogP contribution in [0.15, 0.2) is 24.3 Å². The van der Waals surface area contributed by atoms with Crippen LogP contribution in [0, 0.1) is 10.1 Å². The van der Waals surface area contributed by atoms with Gasteiger partial charge in [-0.2, -0.15) is 0 Å². The van der Waals surface area contributed by atoms with E-state index in [0.29, 0.717) is 12.1 Å². The van der Waals surface area contributed by atoms with E-state index in [9.17, 15) is 10.1 Å². The fourth-order valence-electron chi connectivity index (χ4n) is 2.48. The van der Waals surface area contributed by atoms with Crippen molar-refractivity contribution >= 4 is 5.69 Å². The summed E-state index contributed by atoms with van der Waals surface area (Å²) in [5.74, 6) is 0. The van der Waals surface area contributed by atoms with Crippen molar-refractivity contribution in [1.29, 1.82) is 0 Å². The van der Waals surface area contributed by atoms with Gasteiger partial charge in [-0.05, 0) is 32.3 Å². The van der Waals surface area contributed by atoms with E-state index in [0.717, 1.165) is 25.0 Å². The Labute approximate surface area is 113 Å². The summed E-state index contributed by atoms with van der Waals surface area (Å²) in [5.41, 5.74) is 1.21. The van der Waals surface area contributed by atoms with Crippen LogP contribution in [0.4, 0.5) is 5.69 Å². The number of nitrogens with one attached hydrogen (secondary N) is 1. The summed E-state index contributed by atoms with van der Waals surface area (Å²) in [5, 5.41) is 14.2. The highest BCUT2D eigenvalue weighted by molar-refractivity contribution is 5.34. The van der Waals surface area contributed by atoms with Gasteiger partial charge in [0.15, 0.2) is 0 Å². The number of benzene rings is 1. The molecule has 0 spiro atoms. The molecule has 3 atom stereocenters. The molecule has 1 fully saturated rings. The smallest absolute Gasteiger partial charge is 0.269 e. The lowest BCUT2D eigenvalue weighted by Crippen LogP contribution is -2.39. The Hall–Kier alpha value is -1.46. The Kier molecular flexibility index (Phi) is 4.50. The molecule has 2 rings (SSSR count). The molecule has 1 aromatic carbocycles. The fraction of sp³-hybridized carbons (Fsp3) is 0.571. The van der Waals surface area contributed by atoms with Crippen LogP contribution in [-0.2, 0) is 4.74 Å². The molecular formula is C14H20N2O3. The normalized spacial score (nSPS) is 24.9. The van der Waals surface area contributed by atoms with E-state index < -0.39 is 0 Å². The Morgan fingerprint density at radius 3 is 2.68 bits per heavy atom. The van der Waals surface area contributed by atoms with Crippen LogP contribution in [0.2, 0.25) is 0 Å². The van der Waals surface area contributed by atoms with E-state index >= 15 is 0 Å². The molecule has 1 aliphatic heterocycles. The predicted octanol–water partition coefficient (Wildman–Crippen LogP) is 2.81. The molecule has 19 heavy (non-hydrogen) atoms. The molecule has 0 aliphatic carbocycles. The Morgan fingerprint density at radius 2 is 2.11 bits per heavy atom.